The van der Waals surface area contributed by atoms with Gasteiger partial charge in [0, 0.05) is 5.69 Å². The molecule has 0 aromatic heterocycles. The fraction of sp³-hybridized carbons (Fsp3) is 0.167. The van der Waals surface area contributed by atoms with Crippen LogP contribution < -0.4 is 5.32 Å². The average molecular weight is 271 g/mol. The molecule has 2 N–H and O–H groups in total. The Morgan fingerprint density at radius 1 is 1.32 bits per heavy atom. The van der Waals surface area contributed by atoms with Crippen molar-refractivity contribution in [3.05, 3.63) is 29.3 Å². The number of anilines is 1. The number of hydrogen-bond acceptors (Lipinski definition) is 2. The molecule has 0 saturated carbocycles. The summed E-state index contributed by atoms with van der Waals surface area (Å²) in [6, 6.07) is 2.05. The number of carbonyl (C=O) groups is 2. The highest BCUT2D eigenvalue weighted by atomic mass is 19.4. The minimum Gasteiger partial charge on any atom is -0.478 e. The molecule has 1 aromatic carbocycles. The summed E-state index contributed by atoms with van der Waals surface area (Å²) in [7, 11) is 0. The Morgan fingerprint density at radius 3 is 2.42 bits per heavy atom. The number of alkyl halides is 3. The van der Waals surface area contributed by atoms with Crippen molar-refractivity contribution in [1.29, 1.82) is 0 Å². The lowest BCUT2D eigenvalue weighted by molar-refractivity contribution is -0.137. The van der Waals surface area contributed by atoms with Crippen molar-refractivity contribution in [2.45, 2.75) is 12.6 Å². The molecule has 0 bridgehead atoms. The highest BCUT2D eigenvalue weighted by Crippen LogP contribution is 2.32. The second-order valence-electron chi connectivity index (χ2n) is 3.53. The minimum atomic E-state index is -4.71. The first-order valence-corrected chi connectivity index (χ1v) is 4.93. The van der Waals surface area contributed by atoms with Crippen LogP contribution in [0, 0.1) is 12.3 Å². The summed E-state index contributed by atoms with van der Waals surface area (Å²) in [6.45, 7) is 0. The normalized spacial score (nSPS) is 10.6. The smallest absolute Gasteiger partial charge is 0.416 e. The standard InChI is InChI=1S/C12H8F3NO3/c1-2-3-10(17)16-9-5-7(11(18)19)4-8(6-9)12(13,14)15/h1,4-6H,3H2,(H,16,17)(H,18,19). The first-order valence-electron chi connectivity index (χ1n) is 4.93. The molecule has 19 heavy (non-hydrogen) atoms. The highest BCUT2D eigenvalue weighted by Gasteiger charge is 2.32. The molecule has 0 heterocycles. The number of nitrogens with one attached hydrogen (secondary N) is 1. The van der Waals surface area contributed by atoms with Gasteiger partial charge in [0.25, 0.3) is 0 Å². The molecule has 4 nitrogen and oxygen atoms in total. The molecule has 0 atom stereocenters. The topological polar surface area (TPSA) is 66.4 Å². The second-order valence-corrected chi connectivity index (χ2v) is 3.53. The number of carboxylic acids is 1. The molecule has 0 aliphatic heterocycles. The molecule has 1 amide bonds. The number of terminal acetylenes is 1. The van der Waals surface area contributed by atoms with Crippen LogP contribution in [0.15, 0.2) is 18.2 Å². The molecule has 0 spiro atoms. The van der Waals surface area contributed by atoms with Crippen LogP contribution in [0.1, 0.15) is 22.3 Å². The molecule has 0 fully saturated rings. The summed E-state index contributed by atoms with van der Waals surface area (Å²) in [4.78, 5) is 21.9. The van der Waals surface area contributed by atoms with Crippen LogP contribution in [0.4, 0.5) is 18.9 Å². The molecule has 0 aliphatic rings. The Labute approximate surface area is 106 Å². The number of benzene rings is 1. The number of rotatable bonds is 3. The van der Waals surface area contributed by atoms with Gasteiger partial charge in [0.15, 0.2) is 0 Å². The monoisotopic (exact) mass is 271 g/mol. The van der Waals surface area contributed by atoms with Gasteiger partial charge in [-0.05, 0) is 18.2 Å². The second kappa shape index (κ2) is 5.44. The number of carbonyl (C=O) groups excluding carboxylic acids is 1. The van der Waals surface area contributed by atoms with Crippen molar-refractivity contribution >= 4 is 17.6 Å². The van der Waals surface area contributed by atoms with Crippen molar-refractivity contribution in [1.82, 2.24) is 0 Å². The third-order valence-corrected chi connectivity index (χ3v) is 2.05. The highest BCUT2D eigenvalue weighted by molar-refractivity contribution is 5.95. The molecule has 0 saturated heterocycles. The summed E-state index contributed by atoms with van der Waals surface area (Å²) in [5, 5.41) is 10.8. The maximum Gasteiger partial charge on any atom is 0.416 e. The molecule has 100 valence electrons. The van der Waals surface area contributed by atoms with Gasteiger partial charge in [0.1, 0.15) is 0 Å². The average Bonchev–Trinajstić information content (AvgIpc) is 2.27. The number of amides is 1. The van der Waals surface area contributed by atoms with Crippen LogP contribution in [0.5, 0.6) is 0 Å². The molecular weight excluding hydrogens is 263 g/mol. The Kier molecular flexibility index (Phi) is 4.17. The summed E-state index contributed by atoms with van der Waals surface area (Å²) in [5.41, 5.74) is -2.01. The predicted molar refractivity (Wildman–Crippen MR) is 60.5 cm³/mol. The summed E-state index contributed by atoms with van der Waals surface area (Å²) < 4.78 is 37.7. The predicted octanol–water partition coefficient (Wildman–Crippen LogP) is 2.37. The third kappa shape index (κ3) is 4.03. The van der Waals surface area contributed by atoms with E-state index in [9.17, 15) is 22.8 Å². The van der Waals surface area contributed by atoms with E-state index in [1.807, 2.05) is 5.92 Å². The van der Waals surface area contributed by atoms with Crippen molar-refractivity contribution in [2.24, 2.45) is 0 Å². The Bertz CT molecular complexity index is 558. The van der Waals surface area contributed by atoms with Gasteiger partial charge in [-0.2, -0.15) is 13.2 Å². The van der Waals surface area contributed by atoms with Gasteiger partial charge in [0.05, 0.1) is 17.5 Å². The molecule has 7 heteroatoms. The van der Waals surface area contributed by atoms with E-state index in [0.29, 0.717) is 12.1 Å². The number of aromatic carboxylic acids is 1. The largest absolute Gasteiger partial charge is 0.478 e. The van der Waals surface area contributed by atoms with E-state index in [4.69, 9.17) is 11.5 Å². The van der Waals surface area contributed by atoms with Crippen LogP contribution in [-0.4, -0.2) is 17.0 Å². The first kappa shape index (κ1) is 14.6. The number of halogens is 3. The van der Waals surface area contributed by atoms with Crippen LogP contribution in [0.25, 0.3) is 0 Å². The van der Waals surface area contributed by atoms with Gasteiger partial charge in [-0.3, -0.25) is 4.79 Å². The first-order chi connectivity index (χ1) is 8.74. The van der Waals surface area contributed by atoms with E-state index in [0.717, 1.165) is 6.07 Å². The van der Waals surface area contributed by atoms with Gasteiger partial charge in [-0.1, -0.05) is 5.92 Å². The molecule has 0 radical (unpaired) electrons. The van der Waals surface area contributed by atoms with Crippen LogP contribution in [-0.2, 0) is 11.0 Å². The van der Waals surface area contributed by atoms with E-state index in [2.05, 4.69) is 5.32 Å². The van der Waals surface area contributed by atoms with Gasteiger partial charge in [0.2, 0.25) is 5.91 Å². The summed E-state index contributed by atoms with van der Waals surface area (Å²) >= 11 is 0. The molecular formula is C12H8F3NO3. The Hall–Kier alpha value is -2.49. The Balaban J connectivity index is 3.18. The van der Waals surface area contributed by atoms with E-state index in [-0.39, 0.29) is 12.1 Å². The maximum absolute atomic E-state index is 12.6. The lowest BCUT2D eigenvalue weighted by Crippen LogP contribution is -2.13. The van der Waals surface area contributed by atoms with Crippen molar-refractivity contribution in [3.63, 3.8) is 0 Å². The maximum atomic E-state index is 12.6. The van der Waals surface area contributed by atoms with E-state index in [1.165, 1.54) is 0 Å². The molecule has 1 aromatic rings. The Morgan fingerprint density at radius 2 is 1.95 bits per heavy atom. The van der Waals surface area contributed by atoms with Crippen LogP contribution >= 0.6 is 0 Å². The van der Waals surface area contributed by atoms with E-state index < -0.39 is 29.2 Å². The molecule has 0 aliphatic carbocycles. The minimum absolute atomic E-state index is 0.271. The quantitative estimate of drug-likeness (QED) is 0.829. The summed E-state index contributed by atoms with van der Waals surface area (Å²) in [5.74, 6) is -0.206. The van der Waals surface area contributed by atoms with Gasteiger partial charge >= 0.3 is 12.1 Å². The zero-order chi connectivity index (χ0) is 14.6. The zero-order valence-corrected chi connectivity index (χ0v) is 9.41. The van der Waals surface area contributed by atoms with Gasteiger partial charge < -0.3 is 10.4 Å². The number of carboxylic acid groups (broad SMARTS) is 1. The van der Waals surface area contributed by atoms with Crippen molar-refractivity contribution in [2.75, 3.05) is 5.32 Å². The van der Waals surface area contributed by atoms with Crippen molar-refractivity contribution in [3.8, 4) is 12.3 Å². The van der Waals surface area contributed by atoms with E-state index in [1.54, 1.807) is 0 Å². The molecule has 1 rings (SSSR count). The lowest BCUT2D eigenvalue weighted by Gasteiger charge is -2.11. The van der Waals surface area contributed by atoms with Crippen molar-refractivity contribution < 1.29 is 27.9 Å². The van der Waals surface area contributed by atoms with Crippen LogP contribution in [0.3, 0.4) is 0 Å². The fourth-order valence-electron chi connectivity index (χ4n) is 1.28. The van der Waals surface area contributed by atoms with Crippen LogP contribution in [0.2, 0.25) is 0 Å². The molecule has 0 unspecified atom stereocenters. The summed E-state index contributed by atoms with van der Waals surface area (Å²) in [6.07, 6.45) is -0.157. The van der Waals surface area contributed by atoms with Gasteiger partial charge in [-0.25, -0.2) is 4.79 Å². The van der Waals surface area contributed by atoms with E-state index >= 15 is 0 Å². The number of hydrogen-bond donors (Lipinski definition) is 2. The SMILES string of the molecule is C#CCC(=O)Nc1cc(C(=O)O)cc(C(F)(F)F)c1. The third-order valence-electron chi connectivity index (χ3n) is 2.05. The fourth-order valence-corrected chi connectivity index (χ4v) is 1.28. The lowest BCUT2D eigenvalue weighted by atomic mass is 10.1. The van der Waals surface area contributed by atoms with Gasteiger partial charge in [-0.15, -0.1) is 6.42 Å². The zero-order valence-electron chi connectivity index (χ0n) is 9.41.